The number of ether oxygens (including phenoxy) is 1. The van der Waals surface area contributed by atoms with Gasteiger partial charge < -0.3 is 10.1 Å². The number of nitrogens with zero attached hydrogens (tertiary/aromatic N) is 1. The molecule has 0 heterocycles. The average Bonchev–Trinajstić information content (AvgIpc) is 2.48. The molecule has 0 aliphatic carbocycles. The smallest absolute Gasteiger partial charge is 0.262 e. The largest absolute Gasteiger partial charge is 0.496 e. The van der Waals surface area contributed by atoms with Crippen molar-refractivity contribution in [3.63, 3.8) is 0 Å². The summed E-state index contributed by atoms with van der Waals surface area (Å²) in [7, 11) is 1.34. The fourth-order valence-corrected chi connectivity index (χ4v) is 1.94. The lowest BCUT2D eigenvalue weighted by atomic mass is 10.1. The molecular formula is C15H10ClFN2O2. The lowest BCUT2D eigenvalue weighted by Crippen LogP contribution is -2.15. The predicted octanol–water partition coefficient (Wildman–Crippen LogP) is 3.61. The van der Waals surface area contributed by atoms with Crippen molar-refractivity contribution in [2.75, 3.05) is 12.4 Å². The first-order chi connectivity index (χ1) is 10.1. The van der Waals surface area contributed by atoms with Gasteiger partial charge in [0.05, 0.1) is 29.5 Å². The molecule has 2 aromatic rings. The summed E-state index contributed by atoms with van der Waals surface area (Å²) in [6.45, 7) is 0. The van der Waals surface area contributed by atoms with E-state index < -0.39 is 11.7 Å². The van der Waals surface area contributed by atoms with Crippen LogP contribution in [0.2, 0.25) is 5.02 Å². The van der Waals surface area contributed by atoms with Crippen molar-refractivity contribution in [2.45, 2.75) is 0 Å². The molecule has 0 radical (unpaired) electrons. The van der Waals surface area contributed by atoms with Crippen molar-refractivity contribution in [3.05, 3.63) is 58.4 Å². The summed E-state index contributed by atoms with van der Waals surface area (Å²) in [5.74, 6) is -1.30. The molecule has 1 amide bonds. The van der Waals surface area contributed by atoms with Crippen LogP contribution < -0.4 is 10.1 Å². The molecule has 2 rings (SSSR count). The van der Waals surface area contributed by atoms with E-state index in [1.54, 1.807) is 0 Å². The van der Waals surface area contributed by atoms with Gasteiger partial charge in [-0.3, -0.25) is 4.79 Å². The van der Waals surface area contributed by atoms with Gasteiger partial charge in [-0.05, 0) is 30.3 Å². The second-order valence-corrected chi connectivity index (χ2v) is 4.48. The van der Waals surface area contributed by atoms with Gasteiger partial charge in [0.1, 0.15) is 17.1 Å². The Kier molecular flexibility index (Phi) is 4.41. The van der Waals surface area contributed by atoms with Gasteiger partial charge >= 0.3 is 0 Å². The molecule has 106 valence electrons. The molecule has 0 unspecified atom stereocenters. The maximum Gasteiger partial charge on any atom is 0.262 e. The zero-order valence-electron chi connectivity index (χ0n) is 11.0. The minimum absolute atomic E-state index is 0.111. The van der Waals surface area contributed by atoms with Crippen LogP contribution in [0.4, 0.5) is 10.1 Å². The highest BCUT2D eigenvalue weighted by Crippen LogP contribution is 2.26. The number of halogens is 2. The average molecular weight is 305 g/mol. The van der Waals surface area contributed by atoms with Crippen LogP contribution in [0.1, 0.15) is 15.9 Å². The Hall–Kier alpha value is -2.58. The number of hydrogen-bond acceptors (Lipinski definition) is 3. The zero-order chi connectivity index (χ0) is 15.4. The molecule has 0 saturated carbocycles. The maximum absolute atomic E-state index is 13.8. The van der Waals surface area contributed by atoms with Gasteiger partial charge in [-0.15, -0.1) is 0 Å². The van der Waals surface area contributed by atoms with Gasteiger partial charge in [-0.25, -0.2) is 4.39 Å². The first-order valence-corrected chi connectivity index (χ1v) is 6.28. The van der Waals surface area contributed by atoms with E-state index in [9.17, 15) is 9.18 Å². The third-order valence-corrected chi connectivity index (χ3v) is 3.10. The minimum atomic E-state index is -0.709. The third kappa shape index (κ3) is 3.12. The van der Waals surface area contributed by atoms with Gasteiger partial charge in [0.15, 0.2) is 0 Å². The molecule has 21 heavy (non-hydrogen) atoms. The Morgan fingerprint density at radius 1 is 1.38 bits per heavy atom. The van der Waals surface area contributed by atoms with Gasteiger partial charge in [-0.2, -0.15) is 5.26 Å². The van der Waals surface area contributed by atoms with Crippen molar-refractivity contribution < 1.29 is 13.9 Å². The van der Waals surface area contributed by atoms with E-state index >= 15 is 0 Å². The molecule has 0 fully saturated rings. The molecule has 4 nitrogen and oxygen atoms in total. The van der Waals surface area contributed by atoms with Crippen LogP contribution in [0.15, 0.2) is 36.4 Å². The van der Waals surface area contributed by atoms with Crippen LogP contribution in [-0.2, 0) is 0 Å². The standard InChI is InChI=1S/C15H10ClFN2O2/c1-21-13-4-2-3-11(17)14(13)15(20)19-12-7-9(8-18)5-6-10(12)16/h2-7H,1H3,(H,19,20). The van der Waals surface area contributed by atoms with E-state index in [1.807, 2.05) is 6.07 Å². The second kappa shape index (κ2) is 6.25. The molecule has 0 bridgehead atoms. The van der Waals surface area contributed by atoms with E-state index in [2.05, 4.69) is 5.32 Å². The first kappa shape index (κ1) is 14.8. The molecule has 0 aromatic heterocycles. The first-order valence-electron chi connectivity index (χ1n) is 5.90. The fourth-order valence-electron chi connectivity index (χ4n) is 1.77. The molecule has 1 N–H and O–H groups in total. The number of rotatable bonds is 3. The van der Waals surface area contributed by atoms with Crippen LogP contribution in [0.3, 0.4) is 0 Å². The number of carbonyl (C=O) groups is 1. The van der Waals surface area contributed by atoms with Crippen LogP contribution in [0.5, 0.6) is 5.75 Å². The number of carbonyl (C=O) groups excluding carboxylic acids is 1. The Morgan fingerprint density at radius 3 is 2.81 bits per heavy atom. The van der Waals surface area contributed by atoms with Crippen molar-refractivity contribution >= 4 is 23.2 Å². The number of anilines is 1. The van der Waals surface area contributed by atoms with Gasteiger partial charge in [0.25, 0.3) is 5.91 Å². The molecule has 6 heteroatoms. The number of amides is 1. The van der Waals surface area contributed by atoms with Gasteiger partial charge in [0.2, 0.25) is 0 Å². The summed E-state index contributed by atoms with van der Waals surface area (Å²) in [6.07, 6.45) is 0. The van der Waals surface area contributed by atoms with E-state index in [0.29, 0.717) is 5.56 Å². The topological polar surface area (TPSA) is 62.1 Å². The molecule has 0 aliphatic rings. The lowest BCUT2D eigenvalue weighted by molar-refractivity contribution is 0.102. The fraction of sp³-hybridized carbons (Fsp3) is 0.0667. The second-order valence-electron chi connectivity index (χ2n) is 4.08. The summed E-state index contributed by atoms with van der Waals surface area (Å²) < 4.78 is 18.8. The van der Waals surface area contributed by atoms with Gasteiger partial charge in [0, 0.05) is 0 Å². The van der Waals surface area contributed by atoms with E-state index in [-0.39, 0.29) is 22.0 Å². The van der Waals surface area contributed by atoms with Crippen LogP contribution in [0.25, 0.3) is 0 Å². The quantitative estimate of drug-likeness (QED) is 0.942. The number of methoxy groups -OCH3 is 1. The number of benzene rings is 2. The Balaban J connectivity index is 2.37. The van der Waals surface area contributed by atoms with E-state index in [1.165, 1.54) is 37.4 Å². The summed E-state index contributed by atoms with van der Waals surface area (Å²) in [5.41, 5.74) is 0.333. The highest BCUT2D eigenvalue weighted by atomic mass is 35.5. The van der Waals surface area contributed by atoms with Crippen molar-refractivity contribution in [2.24, 2.45) is 0 Å². The van der Waals surface area contributed by atoms with Crippen LogP contribution >= 0.6 is 11.6 Å². The summed E-state index contributed by atoms with van der Waals surface area (Å²) in [5, 5.41) is 11.6. The molecule has 0 spiro atoms. The van der Waals surface area contributed by atoms with Crippen molar-refractivity contribution in [3.8, 4) is 11.8 Å². The molecule has 0 atom stereocenters. The van der Waals surface area contributed by atoms with Gasteiger partial charge in [-0.1, -0.05) is 17.7 Å². The molecular weight excluding hydrogens is 295 g/mol. The Morgan fingerprint density at radius 2 is 2.14 bits per heavy atom. The van der Waals surface area contributed by atoms with Crippen molar-refractivity contribution in [1.29, 1.82) is 5.26 Å². The Bertz CT molecular complexity index is 741. The molecule has 0 saturated heterocycles. The molecule has 0 aliphatic heterocycles. The SMILES string of the molecule is COc1cccc(F)c1C(=O)Nc1cc(C#N)ccc1Cl. The number of hydrogen-bond donors (Lipinski definition) is 1. The third-order valence-electron chi connectivity index (χ3n) is 2.77. The van der Waals surface area contributed by atoms with E-state index in [4.69, 9.17) is 21.6 Å². The van der Waals surface area contributed by atoms with Crippen molar-refractivity contribution in [1.82, 2.24) is 0 Å². The van der Waals surface area contributed by atoms with Crippen LogP contribution in [0, 0.1) is 17.1 Å². The summed E-state index contributed by atoms with van der Waals surface area (Å²) >= 11 is 5.95. The normalized spacial score (nSPS) is 9.81. The van der Waals surface area contributed by atoms with E-state index in [0.717, 1.165) is 6.07 Å². The molecule has 2 aromatic carbocycles. The number of nitriles is 1. The maximum atomic E-state index is 13.8. The minimum Gasteiger partial charge on any atom is -0.496 e. The number of nitrogens with one attached hydrogen (secondary N) is 1. The monoisotopic (exact) mass is 304 g/mol. The lowest BCUT2D eigenvalue weighted by Gasteiger charge is -2.11. The predicted molar refractivity (Wildman–Crippen MR) is 77.1 cm³/mol. The summed E-state index contributed by atoms with van der Waals surface area (Å²) in [4.78, 5) is 12.2. The summed E-state index contributed by atoms with van der Waals surface area (Å²) in [6, 6.07) is 10.4. The Labute approximate surface area is 125 Å². The zero-order valence-corrected chi connectivity index (χ0v) is 11.7. The van der Waals surface area contributed by atoms with Crippen LogP contribution in [-0.4, -0.2) is 13.0 Å². The highest BCUT2D eigenvalue weighted by molar-refractivity contribution is 6.34. The highest BCUT2D eigenvalue weighted by Gasteiger charge is 2.18.